The Morgan fingerprint density at radius 3 is 2.65 bits per heavy atom. The number of likely N-dealkylation sites (tertiary alicyclic amines) is 1. The third-order valence-electron chi connectivity index (χ3n) is 6.34. The van der Waals surface area contributed by atoms with Crippen LogP contribution in [0.25, 0.3) is 0 Å². The zero-order valence-corrected chi connectivity index (χ0v) is 17.5. The lowest BCUT2D eigenvalue weighted by molar-refractivity contribution is -0.151. The van der Waals surface area contributed by atoms with Crippen molar-refractivity contribution < 1.29 is 24.3 Å². The van der Waals surface area contributed by atoms with Crippen LogP contribution in [0.2, 0.25) is 0 Å². The van der Waals surface area contributed by atoms with Gasteiger partial charge in [-0.3, -0.25) is 24.0 Å². The van der Waals surface area contributed by atoms with E-state index in [9.17, 15) is 19.2 Å². The Labute approximate surface area is 179 Å². The Hall–Kier alpha value is -3.17. The summed E-state index contributed by atoms with van der Waals surface area (Å²) in [7, 11) is 0. The molecule has 168 valence electrons. The third-order valence-corrected chi connectivity index (χ3v) is 6.34. The maximum absolute atomic E-state index is 13.0. The lowest BCUT2D eigenvalue weighted by Crippen LogP contribution is -2.67. The molecule has 3 saturated heterocycles. The van der Waals surface area contributed by atoms with Gasteiger partial charge in [-0.05, 0) is 37.2 Å². The molecule has 0 radical (unpaired) electrons. The van der Waals surface area contributed by atoms with Crippen LogP contribution in [0, 0.1) is 11.8 Å². The van der Waals surface area contributed by atoms with E-state index in [0.717, 1.165) is 19.3 Å². The van der Waals surface area contributed by atoms with E-state index in [1.54, 1.807) is 17.0 Å². The van der Waals surface area contributed by atoms with Crippen LogP contribution >= 0.6 is 0 Å². The molecule has 0 unspecified atom stereocenters. The van der Waals surface area contributed by atoms with Gasteiger partial charge in [-0.15, -0.1) is 0 Å². The van der Waals surface area contributed by atoms with Crippen LogP contribution in [-0.2, 0) is 14.4 Å². The minimum Gasteiger partial charge on any atom is -0.483 e. The molecule has 0 saturated carbocycles. The number of aromatic nitrogens is 1. The fraction of sp³-hybridized carbons (Fsp3) is 0.571. The molecule has 3 amide bonds. The summed E-state index contributed by atoms with van der Waals surface area (Å²) in [5.41, 5.74) is -0.00176. The molecule has 3 aliphatic heterocycles. The highest BCUT2D eigenvalue weighted by Gasteiger charge is 2.50. The number of hydrogen-bond donors (Lipinski definition) is 3. The minimum atomic E-state index is -0.296. The van der Waals surface area contributed by atoms with Gasteiger partial charge in [0.1, 0.15) is 5.69 Å². The van der Waals surface area contributed by atoms with Crippen molar-refractivity contribution in [3.8, 4) is 0 Å². The maximum Gasteiger partial charge on any atom is 0.290 e. The Morgan fingerprint density at radius 1 is 1.26 bits per heavy atom. The van der Waals surface area contributed by atoms with Gasteiger partial charge in [0.05, 0.1) is 6.04 Å². The second kappa shape index (κ2) is 9.76. The maximum atomic E-state index is 13.0. The van der Waals surface area contributed by atoms with E-state index in [-0.39, 0.29) is 53.7 Å². The Balaban J connectivity index is 0.000000858. The second-order valence-electron chi connectivity index (χ2n) is 8.27. The Morgan fingerprint density at radius 2 is 1.97 bits per heavy atom. The molecule has 10 nitrogen and oxygen atoms in total. The molecule has 4 atom stereocenters. The first-order valence-corrected chi connectivity index (χ1v) is 10.5. The number of aromatic amines is 1. The molecule has 31 heavy (non-hydrogen) atoms. The van der Waals surface area contributed by atoms with Gasteiger partial charge in [-0.2, -0.15) is 0 Å². The molecule has 2 bridgehead atoms. The normalized spacial score (nSPS) is 26.8. The molecule has 0 aliphatic carbocycles. The first kappa shape index (κ1) is 22.5. The summed E-state index contributed by atoms with van der Waals surface area (Å²) in [6.07, 6.45) is 3.31. The predicted octanol–water partition coefficient (Wildman–Crippen LogP) is 0.0534. The number of amides is 3. The van der Waals surface area contributed by atoms with Gasteiger partial charge in [0.25, 0.3) is 12.4 Å². The number of H-pyrrole nitrogens is 1. The van der Waals surface area contributed by atoms with E-state index in [0.29, 0.717) is 31.7 Å². The number of carbonyl (C=O) groups is 4. The van der Waals surface area contributed by atoms with Gasteiger partial charge in [-0.25, -0.2) is 0 Å². The predicted molar refractivity (Wildman–Crippen MR) is 110 cm³/mol. The van der Waals surface area contributed by atoms with Crippen molar-refractivity contribution in [2.75, 3.05) is 19.6 Å². The Kier molecular flexibility index (Phi) is 7.09. The molecule has 4 rings (SSSR count). The van der Waals surface area contributed by atoms with Crippen LogP contribution in [-0.4, -0.2) is 75.8 Å². The highest BCUT2D eigenvalue weighted by Crippen LogP contribution is 2.41. The number of hydrogen-bond acceptors (Lipinski definition) is 5. The average Bonchev–Trinajstić information content (AvgIpc) is 2.74. The monoisotopic (exact) mass is 432 g/mol. The number of rotatable bonds is 3. The third kappa shape index (κ3) is 4.95. The summed E-state index contributed by atoms with van der Waals surface area (Å²) in [5.74, 6) is 0.211. The van der Waals surface area contributed by atoms with E-state index in [1.165, 1.54) is 13.0 Å². The van der Waals surface area contributed by atoms with Crippen LogP contribution in [0.5, 0.6) is 0 Å². The minimum absolute atomic E-state index is 0.0941. The zero-order chi connectivity index (χ0) is 22.5. The summed E-state index contributed by atoms with van der Waals surface area (Å²) in [4.78, 5) is 63.5. The fourth-order valence-electron chi connectivity index (χ4n) is 5.19. The van der Waals surface area contributed by atoms with Gasteiger partial charge >= 0.3 is 0 Å². The molecule has 0 aromatic carbocycles. The molecule has 1 aromatic rings. The summed E-state index contributed by atoms with van der Waals surface area (Å²) in [5, 5.41) is 9.76. The van der Waals surface area contributed by atoms with E-state index >= 15 is 0 Å². The largest absolute Gasteiger partial charge is 0.483 e. The van der Waals surface area contributed by atoms with E-state index in [2.05, 4.69) is 10.3 Å². The van der Waals surface area contributed by atoms with Crippen molar-refractivity contribution in [3.63, 3.8) is 0 Å². The van der Waals surface area contributed by atoms with Crippen molar-refractivity contribution in [1.29, 1.82) is 0 Å². The fourth-order valence-corrected chi connectivity index (χ4v) is 5.19. The van der Waals surface area contributed by atoms with Crippen molar-refractivity contribution in [3.05, 3.63) is 34.2 Å². The number of nitrogens with one attached hydrogen (secondary N) is 2. The van der Waals surface area contributed by atoms with Crippen LogP contribution in [0.15, 0.2) is 23.0 Å². The molecule has 0 spiro atoms. The van der Waals surface area contributed by atoms with E-state index in [4.69, 9.17) is 9.90 Å². The van der Waals surface area contributed by atoms with Crippen molar-refractivity contribution in [2.24, 2.45) is 11.8 Å². The SMILES string of the molecule is CC(=O)NC[C@H]1[C@H]2C[C@H](CN(C(=O)c3cccc(=O)[nH]3)C2)[C@@H]2CCCC(=O)N21.O=CO. The van der Waals surface area contributed by atoms with Gasteiger partial charge in [-0.1, -0.05) is 6.07 Å². The number of pyridine rings is 1. The average molecular weight is 432 g/mol. The number of carbonyl (C=O) groups excluding carboxylic acids is 3. The highest BCUT2D eigenvalue weighted by atomic mass is 16.3. The van der Waals surface area contributed by atoms with Crippen molar-refractivity contribution >= 4 is 24.2 Å². The molecular weight excluding hydrogens is 404 g/mol. The lowest BCUT2D eigenvalue weighted by atomic mass is 9.72. The number of piperidine rings is 3. The first-order chi connectivity index (χ1) is 14.8. The summed E-state index contributed by atoms with van der Waals surface area (Å²) in [6, 6.07) is 4.61. The highest BCUT2D eigenvalue weighted by molar-refractivity contribution is 5.92. The standard InChI is InChI=1S/C20H26N4O4.CH2O2/c1-12(25)21-9-17-14-8-13(16-5-3-7-19(27)24(16)17)10-23(11-14)20(28)15-4-2-6-18(26)22-15;2-1-3/h2,4,6,13-14,16-17H,3,5,7-11H2,1H3,(H,21,25)(H,22,26);1H,(H,2,3)/t13-,14+,16+,17+;/m1./s1. The first-order valence-electron chi connectivity index (χ1n) is 10.5. The molecule has 3 fully saturated rings. The van der Waals surface area contributed by atoms with E-state index < -0.39 is 0 Å². The Bertz CT molecular complexity index is 900. The summed E-state index contributed by atoms with van der Waals surface area (Å²) in [6.45, 7) is 2.75. The van der Waals surface area contributed by atoms with Gasteiger partial charge in [0.2, 0.25) is 17.4 Å². The van der Waals surface area contributed by atoms with Crippen LogP contribution < -0.4 is 10.9 Å². The molecular formula is C21H28N4O6. The second-order valence-corrected chi connectivity index (χ2v) is 8.27. The van der Waals surface area contributed by atoms with Crippen molar-refractivity contribution in [1.82, 2.24) is 20.1 Å². The number of fused-ring (bicyclic) bond motifs is 4. The smallest absolute Gasteiger partial charge is 0.290 e. The molecule has 10 heteroatoms. The summed E-state index contributed by atoms with van der Waals surface area (Å²) >= 11 is 0. The molecule has 3 aliphatic rings. The number of nitrogens with zero attached hydrogens (tertiary/aromatic N) is 2. The zero-order valence-electron chi connectivity index (χ0n) is 17.5. The molecule has 1 aromatic heterocycles. The van der Waals surface area contributed by atoms with Crippen LogP contribution in [0.4, 0.5) is 0 Å². The van der Waals surface area contributed by atoms with Crippen molar-refractivity contribution in [2.45, 2.75) is 44.7 Å². The topological polar surface area (TPSA) is 140 Å². The van der Waals surface area contributed by atoms with Gasteiger partial charge in [0, 0.05) is 45.1 Å². The molecule has 3 N–H and O–H groups in total. The van der Waals surface area contributed by atoms with Gasteiger partial charge < -0.3 is 25.2 Å². The number of carboxylic acid groups (broad SMARTS) is 1. The quantitative estimate of drug-likeness (QED) is 0.577. The van der Waals surface area contributed by atoms with Crippen LogP contribution in [0.1, 0.15) is 43.1 Å². The van der Waals surface area contributed by atoms with Crippen LogP contribution in [0.3, 0.4) is 0 Å². The van der Waals surface area contributed by atoms with E-state index in [1.807, 2.05) is 4.90 Å². The summed E-state index contributed by atoms with van der Waals surface area (Å²) < 4.78 is 0. The lowest BCUT2D eigenvalue weighted by Gasteiger charge is -2.56. The van der Waals surface area contributed by atoms with Gasteiger partial charge in [0.15, 0.2) is 0 Å². The molecule has 4 heterocycles.